The van der Waals surface area contributed by atoms with Gasteiger partial charge in [0.2, 0.25) is 5.91 Å². The van der Waals surface area contributed by atoms with Gasteiger partial charge >= 0.3 is 0 Å². The first kappa shape index (κ1) is 16.7. The largest absolute Gasteiger partial charge is 0.364 e. The summed E-state index contributed by atoms with van der Waals surface area (Å²) in [7, 11) is 0. The average molecular weight is 346 g/mol. The summed E-state index contributed by atoms with van der Waals surface area (Å²) in [6.07, 6.45) is 2.71. The summed E-state index contributed by atoms with van der Waals surface area (Å²) in [4.78, 5) is 27.1. The number of primary amides is 1. The van der Waals surface area contributed by atoms with Crippen LogP contribution in [0.3, 0.4) is 0 Å². The van der Waals surface area contributed by atoms with Gasteiger partial charge in [-0.05, 0) is 36.8 Å². The lowest BCUT2D eigenvalue weighted by Crippen LogP contribution is -2.42. The zero-order valence-corrected chi connectivity index (χ0v) is 14.5. The van der Waals surface area contributed by atoms with Gasteiger partial charge in [0, 0.05) is 35.5 Å². The number of nitrogens with zero attached hydrogens (tertiary/aromatic N) is 2. The number of carbonyl (C=O) groups excluding carboxylic acids is 2. The maximum Gasteiger partial charge on any atom is 0.269 e. The van der Waals surface area contributed by atoms with Crippen molar-refractivity contribution >= 4 is 23.2 Å². The summed E-state index contributed by atoms with van der Waals surface area (Å²) in [5.74, 6) is -0.184. The number of thiophene rings is 1. The number of aromatic amines is 1. The van der Waals surface area contributed by atoms with Crippen LogP contribution in [-0.2, 0) is 11.2 Å². The molecule has 0 bridgehead atoms. The summed E-state index contributed by atoms with van der Waals surface area (Å²) in [5.41, 5.74) is 6.38. The van der Waals surface area contributed by atoms with Gasteiger partial charge in [-0.25, -0.2) is 0 Å². The second kappa shape index (κ2) is 7.17. The van der Waals surface area contributed by atoms with Crippen LogP contribution in [0.5, 0.6) is 0 Å². The molecule has 0 spiro atoms. The Morgan fingerprint density at radius 1 is 1.54 bits per heavy atom. The number of carbonyl (C=O) groups is 2. The molecule has 2 amide bonds. The number of likely N-dealkylation sites (tertiary alicyclic amines) is 1. The van der Waals surface area contributed by atoms with Gasteiger partial charge in [0.1, 0.15) is 5.69 Å². The van der Waals surface area contributed by atoms with E-state index in [0.717, 1.165) is 31.5 Å². The SMILES string of the molecule is CC(Cc1cccs1)C(=O)N1CCCC(c2cc(C(N)=O)n[nH]2)C1. The third-order valence-electron chi connectivity index (χ3n) is 4.53. The lowest BCUT2D eigenvalue weighted by Gasteiger charge is -2.34. The molecule has 1 aliphatic heterocycles. The Kier molecular flexibility index (Phi) is 4.99. The van der Waals surface area contributed by atoms with E-state index in [1.165, 1.54) is 4.88 Å². The minimum atomic E-state index is -0.536. The number of aromatic nitrogens is 2. The topological polar surface area (TPSA) is 92.1 Å². The molecule has 2 aromatic rings. The molecule has 3 heterocycles. The molecular formula is C17H22N4O2S. The maximum absolute atomic E-state index is 12.7. The van der Waals surface area contributed by atoms with Gasteiger partial charge < -0.3 is 10.6 Å². The number of nitrogens with two attached hydrogens (primary N) is 1. The molecule has 6 nitrogen and oxygen atoms in total. The number of amides is 2. The zero-order valence-electron chi connectivity index (χ0n) is 13.7. The monoisotopic (exact) mass is 346 g/mol. The van der Waals surface area contributed by atoms with Crippen molar-refractivity contribution in [2.45, 2.75) is 32.1 Å². The summed E-state index contributed by atoms with van der Waals surface area (Å²) in [5, 5.41) is 8.88. The second-order valence-corrected chi connectivity index (χ2v) is 7.41. The third-order valence-corrected chi connectivity index (χ3v) is 5.43. The van der Waals surface area contributed by atoms with E-state index in [-0.39, 0.29) is 23.4 Å². The van der Waals surface area contributed by atoms with E-state index in [0.29, 0.717) is 6.54 Å². The highest BCUT2D eigenvalue weighted by atomic mass is 32.1. The number of piperidine rings is 1. The summed E-state index contributed by atoms with van der Waals surface area (Å²) < 4.78 is 0. The van der Waals surface area contributed by atoms with Crippen LogP contribution in [0.4, 0.5) is 0 Å². The Morgan fingerprint density at radius 3 is 3.04 bits per heavy atom. The van der Waals surface area contributed by atoms with Crippen molar-refractivity contribution in [1.82, 2.24) is 15.1 Å². The van der Waals surface area contributed by atoms with Gasteiger partial charge in [0.15, 0.2) is 0 Å². The summed E-state index contributed by atoms with van der Waals surface area (Å²) in [6.45, 7) is 3.45. The van der Waals surface area contributed by atoms with Crippen molar-refractivity contribution < 1.29 is 9.59 Å². The van der Waals surface area contributed by atoms with E-state index in [4.69, 9.17) is 5.73 Å². The van der Waals surface area contributed by atoms with Crippen molar-refractivity contribution in [3.8, 4) is 0 Å². The Bertz CT molecular complexity index is 710. The first-order chi connectivity index (χ1) is 11.5. The predicted molar refractivity (Wildman–Crippen MR) is 92.8 cm³/mol. The highest BCUT2D eigenvalue weighted by Gasteiger charge is 2.29. The van der Waals surface area contributed by atoms with Crippen molar-refractivity contribution in [3.05, 3.63) is 39.8 Å². The molecule has 2 unspecified atom stereocenters. The zero-order chi connectivity index (χ0) is 17.1. The molecule has 1 aliphatic rings. The Morgan fingerprint density at radius 2 is 2.38 bits per heavy atom. The van der Waals surface area contributed by atoms with E-state index in [9.17, 15) is 9.59 Å². The Hall–Kier alpha value is -2.15. The number of hydrogen-bond acceptors (Lipinski definition) is 4. The van der Waals surface area contributed by atoms with Crippen LogP contribution < -0.4 is 5.73 Å². The molecule has 0 saturated carbocycles. The minimum absolute atomic E-state index is 0.0228. The normalized spacial score (nSPS) is 19.2. The smallest absolute Gasteiger partial charge is 0.269 e. The van der Waals surface area contributed by atoms with Crippen LogP contribution in [0, 0.1) is 5.92 Å². The fraction of sp³-hybridized carbons (Fsp3) is 0.471. The van der Waals surface area contributed by atoms with Crippen molar-refractivity contribution in [1.29, 1.82) is 0 Å². The molecule has 2 atom stereocenters. The number of hydrogen-bond donors (Lipinski definition) is 2. The van der Waals surface area contributed by atoms with Crippen molar-refractivity contribution in [3.63, 3.8) is 0 Å². The van der Waals surface area contributed by atoms with Crippen LogP contribution in [-0.4, -0.2) is 40.0 Å². The van der Waals surface area contributed by atoms with Crippen LogP contribution >= 0.6 is 11.3 Å². The summed E-state index contributed by atoms with van der Waals surface area (Å²) >= 11 is 1.69. The molecular weight excluding hydrogens is 324 g/mol. The first-order valence-electron chi connectivity index (χ1n) is 8.21. The Labute approximate surface area is 145 Å². The van der Waals surface area contributed by atoms with Crippen molar-refractivity contribution in [2.75, 3.05) is 13.1 Å². The number of rotatable bonds is 5. The first-order valence-corrected chi connectivity index (χ1v) is 9.09. The standard InChI is InChI=1S/C17H22N4O2S/c1-11(8-13-5-3-7-24-13)17(23)21-6-2-4-12(10-21)14-9-15(16(18)22)20-19-14/h3,5,7,9,11-12H,2,4,6,8,10H2,1H3,(H2,18,22)(H,19,20). The van der Waals surface area contributed by atoms with E-state index < -0.39 is 5.91 Å². The van der Waals surface area contributed by atoms with E-state index in [1.807, 2.05) is 23.3 Å². The molecule has 128 valence electrons. The Balaban J connectivity index is 1.63. The van der Waals surface area contributed by atoms with Gasteiger partial charge in [0.05, 0.1) is 0 Å². The average Bonchev–Trinajstić information content (AvgIpc) is 3.25. The lowest BCUT2D eigenvalue weighted by atomic mass is 9.93. The lowest BCUT2D eigenvalue weighted by molar-refractivity contribution is -0.136. The van der Waals surface area contributed by atoms with Crippen LogP contribution in [0.25, 0.3) is 0 Å². The molecule has 3 rings (SSSR count). The molecule has 0 aliphatic carbocycles. The van der Waals surface area contributed by atoms with Crippen LogP contribution in [0.15, 0.2) is 23.6 Å². The molecule has 3 N–H and O–H groups in total. The van der Waals surface area contributed by atoms with Gasteiger partial charge in [-0.3, -0.25) is 14.7 Å². The third kappa shape index (κ3) is 3.67. The van der Waals surface area contributed by atoms with E-state index in [1.54, 1.807) is 17.4 Å². The van der Waals surface area contributed by atoms with Gasteiger partial charge in [-0.15, -0.1) is 11.3 Å². The quantitative estimate of drug-likeness (QED) is 0.869. The molecule has 1 fully saturated rings. The number of H-pyrrole nitrogens is 1. The van der Waals surface area contributed by atoms with Crippen molar-refractivity contribution in [2.24, 2.45) is 11.7 Å². The van der Waals surface area contributed by atoms with Crippen LogP contribution in [0.1, 0.15) is 46.7 Å². The molecule has 0 aromatic carbocycles. The molecule has 24 heavy (non-hydrogen) atoms. The summed E-state index contributed by atoms with van der Waals surface area (Å²) in [6, 6.07) is 5.79. The van der Waals surface area contributed by atoms with Gasteiger partial charge in [0.25, 0.3) is 5.91 Å². The van der Waals surface area contributed by atoms with E-state index in [2.05, 4.69) is 16.3 Å². The minimum Gasteiger partial charge on any atom is -0.364 e. The fourth-order valence-corrected chi connectivity index (χ4v) is 4.07. The fourth-order valence-electron chi connectivity index (χ4n) is 3.23. The predicted octanol–water partition coefficient (Wildman–Crippen LogP) is 2.15. The molecule has 0 radical (unpaired) electrons. The van der Waals surface area contributed by atoms with Gasteiger partial charge in [-0.2, -0.15) is 5.10 Å². The molecule has 7 heteroatoms. The maximum atomic E-state index is 12.7. The molecule has 1 saturated heterocycles. The van der Waals surface area contributed by atoms with Crippen LogP contribution in [0.2, 0.25) is 0 Å². The molecule has 2 aromatic heterocycles. The number of nitrogens with one attached hydrogen (secondary N) is 1. The van der Waals surface area contributed by atoms with Gasteiger partial charge in [-0.1, -0.05) is 13.0 Å². The highest BCUT2D eigenvalue weighted by molar-refractivity contribution is 7.09. The van der Waals surface area contributed by atoms with E-state index >= 15 is 0 Å². The second-order valence-electron chi connectivity index (χ2n) is 6.38. The highest BCUT2D eigenvalue weighted by Crippen LogP contribution is 2.27.